The Balaban J connectivity index is 2.31. The minimum Gasteiger partial charge on any atom is -0.373 e. The number of hydrogen-bond acceptors (Lipinski definition) is 5. The SMILES string of the molecule is CNc1cc([C@H]2CCCN2C(=O)C(C)(C)OC)nc(C)n1. The fraction of sp³-hybridized carbons (Fsp3) is 0.667. The molecule has 1 atom stereocenters. The van der Waals surface area contributed by atoms with Gasteiger partial charge in [-0.15, -0.1) is 0 Å². The third kappa shape index (κ3) is 3.15. The minimum absolute atomic E-state index is 0.000671. The molecule has 6 nitrogen and oxygen atoms in total. The summed E-state index contributed by atoms with van der Waals surface area (Å²) in [6.07, 6.45) is 1.90. The summed E-state index contributed by atoms with van der Waals surface area (Å²) in [5, 5.41) is 3.04. The number of methoxy groups -OCH3 is 1. The summed E-state index contributed by atoms with van der Waals surface area (Å²) in [6.45, 7) is 6.21. The molecule has 1 aromatic rings. The maximum atomic E-state index is 12.7. The number of carbonyl (C=O) groups excluding carboxylic acids is 1. The number of aryl methyl sites for hydroxylation is 1. The van der Waals surface area contributed by atoms with Crippen LogP contribution >= 0.6 is 0 Å². The summed E-state index contributed by atoms with van der Waals surface area (Å²) in [7, 11) is 3.40. The highest BCUT2D eigenvalue weighted by Gasteiger charge is 2.39. The van der Waals surface area contributed by atoms with E-state index in [0.29, 0.717) is 5.82 Å². The number of nitrogens with zero attached hydrogens (tertiary/aromatic N) is 3. The van der Waals surface area contributed by atoms with Gasteiger partial charge in [0.25, 0.3) is 5.91 Å². The molecule has 1 aromatic heterocycles. The van der Waals surface area contributed by atoms with E-state index in [1.165, 1.54) is 0 Å². The molecule has 2 rings (SSSR count). The van der Waals surface area contributed by atoms with Crippen LogP contribution in [0, 0.1) is 6.92 Å². The van der Waals surface area contributed by atoms with E-state index >= 15 is 0 Å². The molecule has 0 radical (unpaired) electrons. The number of nitrogens with one attached hydrogen (secondary N) is 1. The van der Waals surface area contributed by atoms with Crippen molar-refractivity contribution in [2.45, 2.75) is 45.3 Å². The van der Waals surface area contributed by atoms with Crippen LogP contribution in [0.25, 0.3) is 0 Å². The van der Waals surface area contributed by atoms with Gasteiger partial charge in [0.05, 0.1) is 11.7 Å². The number of carbonyl (C=O) groups is 1. The number of rotatable bonds is 4. The first kappa shape index (κ1) is 15.7. The van der Waals surface area contributed by atoms with Gasteiger partial charge in [0.15, 0.2) is 0 Å². The van der Waals surface area contributed by atoms with Crippen LogP contribution in [0.2, 0.25) is 0 Å². The van der Waals surface area contributed by atoms with Crippen LogP contribution in [0.4, 0.5) is 5.82 Å². The summed E-state index contributed by atoms with van der Waals surface area (Å²) in [5.74, 6) is 1.50. The van der Waals surface area contributed by atoms with Crippen molar-refractivity contribution in [3.05, 3.63) is 17.6 Å². The van der Waals surface area contributed by atoms with Crippen molar-refractivity contribution in [1.29, 1.82) is 0 Å². The molecule has 1 saturated heterocycles. The molecule has 0 unspecified atom stereocenters. The number of ether oxygens (including phenoxy) is 1. The molecule has 0 saturated carbocycles. The van der Waals surface area contributed by atoms with Gasteiger partial charge in [-0.05, 0) is 33.6 Å². The molecular weight excluding hydrogens is 268 g/mol. The Morgan fingerprint density at radius 3 is 2.81 bits per heavy atom. The van der Waals surface area contributed by atoms with E-state index in [2.05, 4.69) is 15.3 Å². The standard InChI is InChI=1S/C15H24N4O2/c1-10-17-11(9-13(16-4)18-10)12-7-6-8-19(12)14(20)15(2,3)21-5/h9,12H,6-8H2,1-5H3,(H,16,17,18)/t12-/m1/s1. The van der Waals surface area contributed by atoms with E-state index < -0.39 is 5.60 Å². The van der Waals surface area contributed by atoms with E-state index in [0.717, 1.165) is 30.9 Å². The molecule has 2 heterocycles. The summed E-state index contributed by atoms with van der Waals surface area (Å²) in [6, 6.07) is 1.92. The summed E-state index contributed by atoms with van der Waals surface area (Å²) < 4.78 is 5.33. The molecule has 1 fully saturated rings. The first-order chi connectivity index (χ1) is 9.89. The number of aromatic nitrogens is 2. The smallest absolute Gasteiger partial charge is 0.254 e. The van der Waals surface area contributed by atoms with Gasteiger partial charge in [-0.3, -0.25) is 4.79 Å². The topological polar surface area (TPSA) is 67.4 Å². The Bertz CT molecular complexity index is 530. The average Bonchev–Trinajstić information content (AvgIpc) is 2.94. The molecule has 0 aliphatic carbocycles. The largest absolute Gasteiger partial charge is 0.373 e. The van der Waals surface area contributed by atoms with Crippen LogP contribution in [-0.2, 0) is 9.53 Å². The van der Waals surface area contributed by atoms with Crippen LogP contribution in [0.15, 0.2) is 6.07 Å². The Kier molecular flexibility index (Phi) is 4.46. The first-order valence-electron chi connectivity index (χ1n) is 7.28. The quantitative estimate of drug-likeness (QED) is 0.918. The molecule has 0 bridgehead atoms. The molecule has 116 valence electrons. The zero-order chi connectivity index (χ0) is 15.6. The molecule has 1 amide bonds. The van der Waals surface area contributed by atoms with Gasteiger partial charge < -0.3 is 15.0 Å². The number of amides is 1. The third-order valence-electron chi connectivity index (χ3n) is 3.99. The lowest BCUT2D eigenvalue weighted by Crippen LogP contribution is -2.46. The fourth-order valence-corrected chi connectivity index (χ4v) is 2.64. The third-order valence-corrected chi connectivity index (χ3v) is 3.99. The molecular formula is C15H24N4O2. The molecule has 21 heavy (non-hydrogen) atoms. The zero-order valence-corrected chi connectivity index (χ0v) is 13.4. The van der Waals surface area contributed by atoms with Crippen LogP contribution < -0.4 is 5.32 Å². The van der Waals surface area contributed by atoms with Crippen molar-refractivity contribution in [1.82, 2.24) is 14.9 Å². The van der Waals surface area contributed by atoms with Crippen molar-refractivity contribution < 1.29 is 9.53 Å². The number of anilines is 1. The van der Waals surface area contributed by atoms with Crippen molar-refractivity contribution >= 4 is 11.7 Å². The van der Waals surface area contributed by atoms with Crippen LogP contribution in [0.5, 0.6) is 0 Å². The van der Waals surface area contributed by atoms with E-state index in [4.69, 9.17) is 4.74 Å². The monoisotopic (exact) mass is 292 g/mol. The van der Waals surface area contributed by atoms with E-state index in [9.17, 15) is 4.79 Å². The highest BCUT2D eigenvalue weighted by Crippen LogP contribution is 2.33. The van der Waals surface area contributed by atoms with E-state index in [-0.39, 0.29) is 11.9 Å². The highest BCUT2D eigenvalue weighted by molar-refractivity contribution is 5.85. The van der Waals surface area contributed by atoms with Crippen molar-refractivity contribution in [2.24, 2.45) is 0 Å². The van der Waals surface area contributed by atoms with E-state index in [1.807, 2.05) is 24.9 Å². The normalized spacial score (nSPS) is 18.9. The summed E-state index contributed by atoms with van der Waals surface area (Å²) >= 11 is 0. The van der Waals surface area contributed by atoms with Gasteiger partial charge in [-0.25, -0.2) is 9.97 Å². The Hall–Kier alpha value is -1.69. The molecule has 6 heteroatoms. The second-order valence-corrected chi connectivity index (χ2v) is 5.85. The van der Waals surface area contributed by atoms with Gasteiger partial charge in [-0.2, -0.15) is 0 Å². The Morgan fingerprint density at radius 2 is 2.19 bits per heavy atom. The van der Waals surface area contributed by atoms with Gasteiger partial charge in [0.1, 0.15) is 17.2 Å². The van der Waals surface area contributed by atoms with Gasteiger partial charge in [0.2, 0.25) is 0 Å². The highest BCUT2D eigenvalue weighted by atomic mass is 16.5. The molecule has 0 aromatic carbocycles. The maximum absolute atomic E-state index is 12.7. The van der Waals surface area contributed by atoms with Gasteiger partial charge in [0, 0.05) is 26.8 Å². The lowest BCUT2D eigenvalue weighted by Gasteiger charge is -2.32. The predicted molar refractivity (Wildman–Crippen MR) is 81.1 cm³/mol. The van der Waals surface area contributed by atoms with Crippen molar-refractivity contribution in [3.8, 4) is 0 Å². The van der Waals surface area contributed by atoms with Crippen molar-refractivity contribution in [2.75, 3.05) is 26.0 Å². The van der Waals surface area contributed by atoms with Gasteiger partial charge >= 0.3 is 0 Å². The Labute approximate surface area is 125 Å². The number of hydrogen-bond donors (Lipinski definition) is 1. The minimum atomic E-state index is -0.809. The molecule has 0 spiro atoms. The summed E-state index contributed by atoms with van der Waals surface area (Å²) in [4.78, 5) is 23.4. The zero-order valence-electron chi connectivity index (χ0n) is 13.4. The molecule has 1 aliphatic rings. The second-order valence-electron chi connectivity index (χ2n) is 5.85. The lowest BCUT2D eigenvalue weighted by atomic mass is 10.1. The maximum Gasteiger partial charge on any atom is 0.254 e. The predicted octanol–water partition coefficient (Wildman–Crippen LogP) is 1.92. The fourth-order valence-electron chi connectivity index (χ4n) is 2.64. The van der Waals surface area contributed by atoms with Crippen LogP contribution in [0.1, 0.15) is 44.2 Å². The average molecular weight is 292 g/mol. The number of likely N-dealkylation sites (tertiary alicyclic amines) is 1. The van der Waals surface area contributed by atoms with E-state index in [1.54, 1.807) is 21.0 Å². The molecule has 1 N–H and O–H groups in total. The molecule has 1 aliphatic heterocycles. The first-order valence-corrected chi connectivity index (χ1v) is 7.28. The van der Waals surface area contributed by atoms with Crippen LogP contribution in [0.3, 0.4) is 0 Å². The summed E-state index contributed by atoms with van der Waals surface area (Å²) in [5.41, 5.74) is 0.0841. The lowest BCUT2D eigenvalue weighted by molar-refractivity contribution is -0.152. The Morgan fingerprint density at radius 1 is 1.48 bits per heavy atom. The van der Waals surface area contributed by atoms with Crippen molar-refractivity contribution in [3.63, 3.8) is 0 Å². The van der Waals surface area contributed by atoms with Crippen LogP contribution in [-0.4, -0.2) is 47.1 Å². The van der Waals surface area contributed by atoms with Gasteiger partial charge in [-0.1, -0.05) is 0 Å². The second kappa shape index (κ2) is 5.97.